The van der Waals surface area contributed by atoms with Crippen molar-refractivity contribution < 1.29 is 13.5 Å². The molecule has 5 heteroatoms. The van der Waals surface area contributed by atoms with Gasteiger partial charge in [0.15, 0.2) is 9.84 Å². The van der Waals surface area contributed by atoms with Crippen LogP contribution in [0.3, 0.4) is 0 Å². The maximum atomic E-state index is 12.2. The van der Waals surface area contributed by atoms with Crippen molar-refractivity contribution in [1.29, 1.82) is 0 Å². The van der Waals surface area contributed by atoms with Crippen molar-refractivity contribution in [3.8, 4) is 0 Å². The van der Waals surface area contributed by atoms with E-state index in [0.717, 1.165) is 6.54 Å². The van der Waals surface area contributed by atoms with Gasteiger partial charge in [0.2, 0.25) is 0 Å². The number of nitrogens with zero attached hydrogens (tertiary/aromatic N) is 1. The Bertz CT molecular complexity index is 519. The van der Waals surface area contributed by atoms with Gasteiger partial charge in [-0.15, -0.1) is 0 Å². The van der Waals surface area contributed by atoms with Crippen molar-refractivity contribution in [2.45, 2.75) is 31.1 Å². The maximum absolute atomic E-state index is 12.2. The van der Waals surface area contributed by atoms with Gasteiger partial charge in [-0.2, -0.15) is 0 Å². The zero-order chi connectivity index (χ0) is 14.6. The first-order valence-electron chi connectivity index (χ1n) is 7.12. The molecule has 1 heterocycles. The lowest BCUT2D eigenvalue weighted by Crippen LogP contribution is -2.51. The smallest absolute Gasteiger partial charge is 0.158 e. The molecule has 1 aromatic carbocycles. The third-order valence-electron chi connectivity index (χ3n) is 4.34. The lowest BCUT2D eigenvalue weighted by Gasteiger charge is -2.39. The van der Waals surface area contributed by atoms with Gasteiger partial charge in [0.25, 0.3) is 0 Å². The van der Waals surface area contributed by atoms with Crippen LogP contribution in [0, 0.1) is 0 Å². The number of hydrogen-bond acceptors (Lipinski definition) is 4. The van der Waals surface area contributed by atoms with E-state index in [2.05, 4.69) is 17.0 Å². The molecule has 1 fully saturated rings. The second-order valence-electron chi connectivity index (χ2n) is 5.51. The van der Waals surface area contributed by atoms with Crippen LogP contribution in [-0.2, 0) is 16.4 Å². The molecule has 0 atom stereocenters. The van der Waals surface area contributed by atoms with Gasteiger partial charge in [0.05, 0.1) is 11.4 Å². The van der Waals surface area contributed by atoms with Crippen molar-refractivity contribution in [2.24, 2.45) is 0 Å². The van der Waals surface area contributed by atoms with Crippen LogP contribution in [0.5, 0.6) is 0 Å². The summed E-state index contributed by atoms with van der Waals surface area (Å²) in [4.78, 5) is 2.26. The number of benzene rings is 1. The largest absolute Gasteiger partial charge is 0.395 e. The highest BCUT2D eigenvalue weighted by molar-refractivity contribution is 7.92. The van der Waals surface area contributed by atoms with Gasteiger partial charge in [-0.25, -0.2) is 8.42 Å². The van der Waals surface area contributed by atoms with Gasteiger partial charge in [-0.3, -0.25) is 4.90 Å². The molecule has 1 N–H and O–H groups in total. The van der Waals surface area contributed by atoms with E-state index in [-0.39, 0.29) is 12.4 Å². The minimum absolute atomic E-state index is 0.103. The van der Waals surface area contributed by atoms with Crippen LogP contribution in [-0.4, -0.2) is 48.6 Å². The van der Waals surface area contributed by atoms with E-state index in [4.69, 9.17) is 0 Å². The molecule has 0 saturated carbocycles. The highest BCUT2D eigenvalue weighted by atomic mass is 32.2. The van der Waals surface area contributed by atoms with E-state index in [1.807, 2.05) is 18.2 Å². The first-order valence-corrected chi connectivity index (χ1v) is 8.78. The van der Waals surface area contributed by atoms with Crippen LogP contribution in [0.25, 0.3) is 0 Å². The topological polar surface area (TPSA) is 57.6 Å². The molecule has 1 aromatic rings. The molecule has 0 aliphatic carbocycles. The third-order valence-corrected chi connectivity index (χ3v) is 6.96. The summed E-state index contributed by atoms with van der Waals surface area (Å²) in [6.45, 7) is 3.67. The SMILES string of the molecule is CCS(=O)(=O)C1(CO)CCN(Cc2ccccc2)CC1. The second-order valence-corrected chi connectivity index (χ2v) is 8.18. The van der Waals surface area contributed by atoms with Crippen molar-refractivity contribution in [1.82, 2.24) is 4.90 Å². The molecular formula is C15H23NO3S. The normalized spacial score (nSPS) is 19.9. The average Bonchev–Trinajstić information content (AvgIpc) is 2.49. The fraction of sp³-hybridized carbons (Fsp3) is 0.600. The van der Waals surface area contributed by atoms with Crippen molar-refractivity contribution in [3.05, 3.63) is 35.9 Å². The lowest BCUT2D eigenvalue weighted by atomic mass is 9.96. The molecule has 1 aliphatic rings. The fourth-order valence-electron chi connectivity index (χ4n) is 2.83. The summed E-state index contributed by atoms with van der Waals surface area (Å²) in [6, 6.07) is 10.2. The number of aliphatic hydroxyl groups excluding tert-OH is 1. The van der Waals surface area contributed by atoms with Crippen LogP contribution in [0.15, 0.2) is 30.3 Å². The molecule has 2 rings (SSSR count). The monoisotopic (exact) mass is 297 g/mol. The minimum atomic E-state index is -3.21. The summed E-state index contributed by atoms with van der Waals surface area (Å²) in [5.41, 5.74) is 1.24. The molecule has 112 valence electrons. The number of rotatable bonds is 5. The zero-order valence-corrected chi connectivity index (χ0v) is 12.8. The average molecular weight is 297 g/mol. The van der Waals surface area contributed by atoms with Crippen molar-refractivity contribution in [2.75, 3.05) is 25.4 Å². The molecule has 1 saturated heterocycles. The number of aliphatic hydroxyl groups is 1. The van der Waals surface area contributed by atoms with Crippen LogP contribution in [0.2, 0.25) is 0 Å². The first kappa shape index (κ1) is 15.5. The molecule has 0 radical (unpaired) electrons. The number of hydrogen-bond donors (Lipinski definition) is 1. The Morgan fingerprint density at radius 2 is 1.80 bits per heavy atom. The predicted octanol–water partition coefficient (Wildman–Crippen LogP) is 1.45. The molecule has 1 aliphatic heterocycles. The predicted molar refractivity (Wildman–Crippen MR) is 80.2 cm³/mol. The van der Waals surface area contributed by atoms with Gasteiger partial charge in [0, 0.05) is 25.4 Å². The van der Waals surface area contributed by atoms with Crippen molar-refractivity contribution >= 4 is 9.84 Å². The minimum Gasteiger partial charge on any atom is -0.395 e. The van der Waals surface area contributed by atoms with Gasteiger partial charge in [-0.05, 0) is 18.4 Å². The zero-order valence-electron chi connectivity index (χ0n) is 12.0. The Hall–Kier alpha value is -0.910. The quantitative estimate of drug-likeness (QED) is 0.893. The van der Waals surface area contributed by atoms with E-state index in [0.29, 0.717) is 25.9 Å². The molecule has 20 heavy (non-hydrogen) atoms. The molecule has 0 aromatic heterocycles. The van der Waals surface area contributed by atoms with Gasteiger partial charge < -0.3 is 5.11 Å². The summed E-state index contributed by atoms with van der Waals surface area (Å²) >= 11 is 0. The first-order chi connectivity index (χ1) is 9.53. The number of piperidine rings is 1. The molecular weight excluding hydrogens is 274 g/mol. The highest BCUT2D eigenvalue weighted by Gasteiger charge is 2.44. The number of likely N-dealkylation sites (tertiary alicyclic amines) is 1. The van der Waals surface area contributed by atoms with Gasteiger partial charge in [-0.1, -0.05) is 37.3 Å². The third kappa shape index (κ3) is 3.05. The van der Waals surface area contributed by atoms with Crippen molar-refractivity contribution in [3.63, 3.8) is 0 Å². The van der Waals surface area contributed by atoms with Crippen LogP contribution >= 0.6 is 0 Å². The summed E-state index contributed by atoms with van der Waals surface area (Å²) in [5.74, 6) is 0.103. The Labute approximate surface area is 121 Å². The maximum Gasteiger partial charge on any atom is 0.158 e. The van der Waals surface area contributed by atoms with E-state index in [9.17, 15) is 13.5 Å². The summed E-state index contributed by atoms with van der Waals surface area (Å²) in [5, 5.41) is 9.59. The van der Waals surface area contributed by atoms with Crippen LogP contribution in [0.4, 0.5) is 0 Å². The summed E-state index contributed by atoms with van der Waals surface area (Å²) in [7, 11) is -3.21. The summed E-state index contributed by atoms with van der Waals surface area (Å²) in [6.07, 6.45) is 1.04. The van der Waals surface area contributed by atoms with E-state index in [1.165, 1.54) is 5.56 Å². The Morgan fingerprint density at radius 1 is 1.20 bits per heavy atom. The second kappa shape index (κ2) is 6.24. The van der Waals surface area contributed by atoms with E-state index >= 15 is 0 Å². The standard InChI is InChI=1S/C15H23NO3S/c1-2-20(18,19)15(13-17)8-10-16(11-9-15)12-14-6-4-3-5-7-14/h3-7,17H,2,8-13H2,1H3. The number of sulfone groups is 1. The molecule has 0 spiro atoms. The molecule has 0 bridgehead atoms. The fourth-order valence-corrected chi connectivity index (χ4v) is 4.45. The van der Waals surface area contributed by atoms with Gasteiger partial charge in [0.1, 0.15) is 0 Å². The Balaban J connectivity index is 2.01. The Kier molecular flexibility index (Phi) is 4.83. The van der Waals surface area contributed by atoms with Crippen LogP contribution in [0.1, 0.15) is 25.3 Å². The van der Waals surface area contributed by atoms with E-state index in [1.54, 1.807) is 6.92 Å². The molecule has 0 amide bonds. The highest BCUT2D eigenvalue weighted by Crippen LogP contribution is 2.31. The van der Waals surface area contributed by atoms with Gasteiger partial charge >= 0.3 is 0 Å². The van der Waals surface area contributed by atoms with E-state index < -0.39 is 14.6 Å². The van der Waals surface area contributed by atoms with Crippen LogP contribution < -0.4 is 0 Å². The Morgan fingerprint density at radius 3 is 2.30 bits per heavy atom. The molecule has 4 nitrogen and oxygen atoms in total. The lowest BCUT2D eigenvalue weighted by molar-refractivity contribution is 0.141. The summed E-state index contributed by atoms with van der Waals surface area (Å²) < 4.78 is 23.5. The molecule has 0 unspecified atom stereocenters.